The second-order valence-electron chi connectivity index (χ2n) is 8.28. The van der Waals surface area contributed by atoms with Gasteiger partial charge in [0.1, 0.15) is 16.6 Å². The molecule has 31 heavy (non-hydrogen) atoms. The summed E-state index contributed by atoms with van der Waals surface area (Å²) in [6.07, 6.45) is 1.97. The summed E-state index contributed by atoms with van der Waals surface area (Å²) >= 11 is 5.96. The molecule has 1 atom stereocenters. The molecule has 1 amide bonds. The van der Waals surface area contributed by atoms with E-state index in [0.29, 0.717) is 12.1 Å². The van der Waals surface area contributed by atoms with E-state index < -0.39 is 11.7 Å². The number of anilines is 1. The van der Waals surface area contributed by atoms with Gasteiger partial charge in [-0.3, -0.25) is 5.41 Å². The molecule has 1 heterocycles. The van der Waals surface area contributed by atoms with E-state index in [4.69, 9.17) is 27.5 Å². The van der Waals surface area contributed by atoms with E-state index in [1.165, 1.54) is 0 Å². The standard InChI is InChI=1S/C22H29ClN4O2.C2H6/c1-6-22(5,13-27-20(28)29-21(2,3)4)15-9-7-8-14(12-15)16-10-11-26-19(25)17(16)18(23)24;1-2/h7-12,24H,6,13H2,1-5H3,(H2,25,26)(H,27,28);1-2H3. The first-order chi connectivity index (χ1) is 14.5. The lowest BCUT2D eigenvalue weighted by Gasteiger charge is -2.30. The summed E-state index contributed by atoms with van der Waals surface area (Å²) in [7, 11) is 0. The number of ether oxygens (including phenoxy) is 1. The zero-order valence-electron chi connectivity index (χ0n) is 19.6. The normalized spacial score (nSPS) is 12.8. The third-order valence-electron chi connectivity index (χ3n) is 4.87. The molecule has 1 aromatic carbocycles. The van der Waals surface area contributed by atoms with Crippen LogP contribution in [0.1, 0.15) is 66.0 Å². The first-order valence-electron chi connectivity index (χ1n) is 10.5. The summed E-state index contributed by atoms with van der Waals surface area (Å²) in [5.41, 5.74) is 8.19. The third-order valence-corrected chi connectivity index (χ3v) is 5.06. The minimum atomic E-state index is -0.545. The van der Waals surface area contributed by atoms with Crippen LogP contribution in [0.5, 0.6) is 0 Å². The summed E-state index contributed by atoms with van der Waals surface area (Å²) in [6.45, 7) is 14.1. The molecule has 2 rings (SSSR count). The van der Waals surface area contributed by atoms with Crippen molar-refractivity contribution in [1.82, 2.24) is 10.3 Å². The number of aromatic nitrogens is 1. The Hall–Kier alpha value is -2.60. The molecule has 0 bridgehead atoms. The molecule has 0 spiro atoms. The van der Waals surface area contributed by atoms with Gasteiger partial charge in [-0.25, -0.2) is 9.78 Å². The fourth-order valence-corrected chi connectivity index (χ4v) is 3.22. The van der Waals surface area contributed by atoms with Crippen molar-refractivity contribution in [3.63, 3.8) is 0 Å². The van der Waals surface area contributed by atoms with E-state index in [9.17, 15) is 4.79 Å². The van der Waals surface area contributed by atoms with Gasteiger partial charge in [0.25, 0.3) is 0 Å². The fourth-order valence-electron chi connectivity index (χ4n) is 3.02. The highest BCUT2D eigenvalue weighted by atomic mass is 35.5. The summed E-state index contributed by atoms with van der Waals surface area (Å²) in [5, 5.41) is 10.6. The van der Waals surface area contributed by atoms with Crippen LogP contribution >= 0.6 is 11.6 Å². The molecule has 6 nitrogen and oxygen atoms in total. The number of hydrogen-bond donors (Lipinski definition) is 3. The van der Waals surface area contributed by atoms with Crippen molar-refractivity contribution in [2.75, 3.05) is 12.3 Å². The lowest BCUT2D eigenvalue weighted by atomic mass is 9.79. The predicted molar refractivity (Wildman–Crippen MR) is 130 cm³/mol. The Bertz CT molecular complexity index is 909. The Morgan fingerprint density at radius 1 is 1.23 bits per heavy atom. The van der Waals surface area contributed by atoms with Crippen molar-refractivity contribution in [2.24, 2.45) is 0 Å². The average Bonchev–Trinajstić information content (AvgIpc) is 2.72. The van der Waals surface area contributed by atoms with E-state index in [2.05, 4.69) is 24.1 Å². The summed E-state index contributed by atoms with van der Waals surface area (Å²) in [5.74, 6) is 0.220. The number of pyridine rings is 1. The van der Waals surface area contributed by atoms with Gasteiger partial charge >= 0.3 is 6.09 Å². The minimum Gasteiger partial charge on any atom is -0.444 e. The molecule has 1 aromatic heterocycles. The van der Waals surface area contributed by atoms with Crippen LogP contribution in [0.15, 0.2) is 36.5 Å². The molecule has 0 radical (unpaired) electrons. The Labute approximate surface area is 191 Å². The topological polar surface area (TPSA) is 101 Å². The fraction of sp³-hybridized carbons (Fsp3) is 0.458. The minimum absolute atomic E-state index is 0.152. The van der Waals surface area contributed by atoms with Crippen molar-refractivity contribution < 1.29 is 9.53 Å². The quantitative estimate of drug-likeness (QED) is 0.465. The van der Waals surface area contributed by atoms with Crippen molar-refractivity contribution in [3.05, 3.63) is 47.7 Å². The number of rotatable bonds is 6. The van der Waals surface area contributed by atoms with Gasteiger partial charge in [0.15, 0.2) is 0 Å². The van der Waals surface area contributed by atoms with Gasteiger partial charge in [-0.2, -0.15) is 0 Å². The lowest BCUT2D eigenvalue weighted by Crippen LogP contribution is -2.41. The number of carbonyl (C=O) groups excluding carboxylic acids is 1. The van der Waals surface area contributed by atoms with Crippen LogP contribution in [-0.2, 0) is 10.2 Å². The molecule has 0 saturated heterocycles. The summed E-state index contributed by atoms with van der Waals surface area (Å²) < 4.78 is 5.35. The number of alkyl carbamates (subject to hydrolysis) is 1. The second-order valence-corrected chi connectivity index (χ2v) is 8.66. The number of hydrogen-bond acceptors (Lipinski definition) is 5. The number of nitrogen functional groups attached to an aromatic ring is 1. The first kappa shape index (κ1) is 26.4. The first-order valence-corrected chi connectivity index (χ1v) is 10.9. The number of carbonyl (C=O) groups is 1. The molecular formula is C24H35ClN4O2. The van der Waals surface area contributed by atoms with Crippen molar-refractivity contribution in [3.8, 4) is 11.1 Å². The zero-order valence-corrected chi connectivity index (χ0v) is 20.4. The largest absolute Gasteiger partial charge is 0.444 e. The van der Waals surface area contributed by atoms with Crippen LogP contribution in [0.3, 0.4) is 0 Å². The van der Waals surface area contributed by atoms with Gasteiger partial charge in [0.2, 0.25) is 0 Å². The molecule has 0 saturated carbocycles. The Morgan fingerprint density at radius 2 is 1.87 bits per heavy atom. The SMILES string of the molecule is CC.CCC(C)(CNC(=O)OC(C)(C)C)c1cccc(-c2ccnc(N)c2C(=N)Cl)c1. The molecule has 1 unspecified atom stereocenters. The number of nitrogens with zero attached hydrogens (tertiary/aromatic N) is 1. The van der Waals surface area contributed by atoms with Crippen LogP contribution in [0.2, 0.25) is 0 Å². The molecule has 7 heteroatoms. The highest BCUT2D eigenvalue weighted by molar-refractivity contribution is 6.69. The maximum Gasteiger partial charge on any atom is 0.407 e. The van der Waals surface area contributed by atoms with Crippen LogP contribution < -0.4 is 11.1 Å². The predicted octanol–water partition coefficient (Wildman–Crippen LogP) is 6.11. The number of amides is 1. The maximum atomic E-state index is 12.1. The molecule has 0 aliphatic rings. The van der Waals surface area contributed by atoms with Crippen LogP contribution in [0.25, 0.3) is 11.1 Å². The van der Waals surface area contributed by atoms with Gasteiger partial charge in [-0.1, -0.05) is 63.6 Å². The van der Waals surface area contributed by atoms with Gasteiger partial charge in [-0.15, -0.1) is 0 Å². The average molecular weight is 447 g/mol. The molecule has 170 valence electrons. The van der Waals surface area contributed by atoms with Crippen molar-refractivity contribution in [2.45, 2.75) is 65.9 Å². The second kappa shape index (κ2) is 11.1. The highest BCUT2D eigenvalue weighted by Gasteiger charge is 2.27. The number of halogens is 1. The van der Waals surface area contributed by atoms with Crippen molar-refractivity contribution in [1.29, 1.82) is 5.41 Å². The van der Waals surface area contributed by atoms with Gasteiger partial charge in [0.05, 0.1) is 5.56 Å². The maximum absolute atomic E-state index is 12.1. The van der Waals surface area contributed by atoms with Crippen LogP contribution in [0, 0.1) is 5.41 Å². The van der Waals surface area contributed by atoms with Gasteiger partial charge < -0.3 is 15.8 Å². The van der Waals surface area contributed by atoms with Crippen LogP contribution in [-0.4, -0.2) is 28.4 Å². The summed E-state index contributed by atoms with van der Waals surface area (Å²) in [6, 6.07) is 9.76. The summed E-state index contributed by atoms with van der Waals surface area (Å²) in [4.78, 5) is 16.1. The molecular weight excluding hydrogens is 412 g/mol. The zero-order chi connectivity index (χ0) is 23.8. The number of nitrogens with one attached hydrogen (secondary N) is 2. The molecule has 0 aliphatic carbocycles. The van der Waals surface area contributed by atoms with Crippen molar-refractivity contribution >= 4 is 28.7 Å². The number of benzene rings is 1. The Kier molecular flexibility index (Phi) is 9.50. The Morgan fingerprint density at radius 3 is 2.42 bits per heavy atom. The molecule has 4 N–H and O–H groups in total. The van der Waals surface area contributed by atoms with Crippen LogP contribution in [0.4, 0.5) is 10.6 Å². The van der Waals surface area contributed by atoms with Gasteiger partial charge in [0, 0.05) is 18.2 Å². The van der Waals surface area contributed by atoms with E-state index in [1.54, 1.807) is 12.3 Å². The molecule has 0 aliphatic heterocycles. The Balaban J connectivity index is 0.00000233. The van der Waals surface area contributed by atoms with E-state index >= 15 is 0 Å². The lowest BCUT2D eigenvalue weighted by molar-refractivity contribution is 0.0515. The van der Waals surface area contributed by atoms with E-state index in [1.807, 2.05) is 58.9 Å². The third kappa shape index (κ3) is 7.24. The van der Waals surface area contributed by atoms with Gasteiger partial charge in [-0.05, 0) is 49.9 Å². The van der Waals surface area contributed by atoms with E-state index in [0.717, 1.165) is 23.1 Å². The monoisotopic (exact) mass is 446 g/mol. The molecule has 2 aromatic rings. The number of nitrogens with two attached hydrogens (primary N) is 1. The van der Waals surface area contributed by atoms with E-state index in [-0.39, 0.29) is 16.4 Å². The highest BCUT2D eigenvalue weighted by Crippen LogP contribution is 2.33. The molecule has 0 fully saturated rings. The smallest absolute Gasteiger partial charge is 0.407 e.